The van der Waals surface area contributed by atoms with Crippen LogP contribution in [0.3, 0.4) is 0 Å². The van der Waals surface area contributed by atoms with Gasteiger partial charge in [0.15, 0.2) is 0 Å². The molecule has 0 bridgehead atoms. The minimum atomic E-state index is 0.111. The third-order valence-corrected chi connectivity index (χ3v) is 4.08. The Morgan fingerprint density at radius 1 is 0.833 bits per heavy atom. The molecule has 1 unspecified atom stereocenters. The molecule has 0 fully saturated rings. The standard InChI is InChI=1S/C22H22N2/c1-2-11-21(20-16-9-10-17-23-20)24-22(18-12-5-3-6-13-18)19-14-7-4-8-15-19/h2-10,12-17,21-22,24H,1,11H2. The summed E-state index contributed by atoms with van der Waals surface area (Å²) >= 11 is 0. The maximum absolute atomic E-state index is 4.53. The van der Waals surface area contributed by atoms with Crippen molar-refractivity contribution in [3.8, 4) is 0 Å². The molecule has 0 aliphatic carbocycles. The number of nitrogens with one attached hydrogen (secondary N) is 1. The molecule has 1 atom stereocenters. The number of hydrogen-bond donors (Lipinski definition) is 1. The van der Waals surface area contributed by atoms with Crippen molar-refractivity contribution < 1.29 is 0 Å². The lowest BCUT2D eigenvalue weighted by Gasteiger charge is -2.26. The lowest BCUT2D eigenvalue weighted by atomic mass is 9.96. The highest BCUT2D eigenvalue weighted by Gasteiger charge is 2.19. The van der Waals surface area contributed by atoms with Crippen molar-refractivity contribution >= 4 is 0 Å². The summed E-state index contributed by atoms with van der Waals surface area (Å²) in [6.07, 6.45) is 4.61. The van der Waals surface area contributed by atoms with Gasteiger partial charge in [-0.2, -0.15) is 0 Å². The van der Waals surface area contributed by atoms with Crippen molar-refractivity contribution in [2.24, 2.45) is 0 Å². The number of pyridine rings is 1. The summed E-state index contributed by atoms with van der Waals surface area (Å²) in [5.74, 6) is 0. The Morgan fingerprint density at radius 3 is 1.92 bits per heavy atom. The van der Waals surface area contributed by atoms with Crippen LogP contribution in [0.4, 0.5) is 0 Å². The minimum absolute atomic E-state index is 0.111. The topological polar surface area (TPSA) is 24.9 Å². The van der Waals surface area contributed by atoms with E-state index in [-0.39, 0.29) is 12.1 Å². The van der Waals surface area contributed by atoms with Gasteiger partial charge in [0.1, 0.15) is 0 Å². The molecule has 0 aliphatic heterocycles. The fourth-order valence-corrected chi connectivity index (χ4v) is 2.90. The first-order chi connectivity index (χ1) is 11.9. The van der Waals surface area contributed by atoms with Crippen molar-refractivity contribution in [2.45, 2.75) is 18.5 Å². The van der Waals surface area contributed by atoms with E-state index in [1.165, 1.54) is 11.1 Å². The number of aromatic nitrogens is 1. The summed E-state index contributed by atoms with van der Waals surface area (Å²) in [5.41, 5.74) is 3.52. The van der Waals surface area contributed by atoms with Gasteiger partial charge in [0.25, 0.3) is 0 Å². The van der Waals surface area contributed by atoms with Crippen molar-refractivity contribution in [1.82, 2.24) is 10.3 Å². The van der Waals surface area contributed by atoms with E-state index in [1.807, 2.05) is 36.5 Å². The Labute approximate surface area is 143 Å². The van der Waals surface area contributed by atoms with E-state index in [9.17, 15) is 0 Å². The minimum Gasteiger partial charge on any atom is -0.298 e. The Bertz CT molecular complexity index is 699. The Morgan fingerprint density at radius 2 is 1.42 bits per heavy atom. The Kier molecular flexibility index (Phi) is 5.54. The largest absolute Gasteiger partial charge is 0.298 e. The molecule has 3 rings (SSSR count). The summed E-state index contributed by atoms with van der Waals surface area (Å²) in [6, 6.07) is 27.3. The van der Waals surface area contributed by atoms with Crippen LogP contribution < -0.4 is 5.32 Å². The second kappa shape index (κ2) is 8.23. The van der Waals surface area contributed by atoms with Gasteiger partial charge in [0.05, 0.1) is 17.8 Å². The summed E-state index contributed by atoms with van der Waals surface area (Å²) in [5, 5.41) is 3.77. The predicted octanol–water partition coefficient (Wildman–Crippen LogP) is 5.08. The highest BCUT2D eigenvalue weighted by molar-refractivity contribution is 5.32. The third kappa shape index (κ3) is 3.98. The van der Waals surface area contributed by atoms with Crippen LogP contribution in [0.1, 0.15) is 35.3 Å². The predicted molar refractivity (Wildman–Crippen MR) is 99.7 cm³/mol. The fourth-order valence-electron chi connectivity index (χ4n) is 2.90. The van der Waals surface area contributed by atoms with Crippen LogP contribution in [0, 0.1) is 0 Å². The van der Waals surface area contributed by atoms with Gasteiger partial charge < -0.3 is 0 Å². The van der Waals surface area contributed by atoms with E-state index in [0.717, 1.165) is 12.1 Å². The van der Waals surface area contributed by atoms with Crippen molar-refractivity contribution in [3.63, 3.8) is 0 Å². The molecule has 2 nitrogen and oxygen atoms in total. The van der Waals surface area contributed by atoms with Crippen molar-refractivity contribution in [1.29, 1.82) is 0 Å². The molecule has 3 aromatic rings. The maximum atomic E-state index is 4.53. The molecule has 0 spiro atoms. The molecule has 1 heterocycles. The van der Waals surface area contributed by atoms with E-state index < -0.39 is 0 Å². The Hall–Kier alpha value is -2.71. The van der Waals surface area contributed by atoms with Crippen LogP contribution in [-0.2, 0) is 0 Å². The first-order valence-electron chi connectivity index (χ1n) is 8.26. The molecule has 0 aliphatic rings. The van der Waals surface area contributed by atoms with Gasteiger partial charge in [-0.25, -0.2) is 0 Å². The molecule has 1 N–H and O–H groups in total. The maximum Gasteiger partial charge on any atom is 0.0582 e. The van der Waals surface area contributed by atoms with Gasteiger partial charge in [0, 0.05) is 6.20 Å². The van der Waals surface area contributed by atoms with Gasteiger partial charge >= 0.3 is 0 Å². The zero-order valence-corrected chi connectivity index (χ0v) is 13.7. The van der Waals surface area contributed by atoms with Gasteiger partial charge in [-0.1, -0.05) is 72.8 Å². The summed E-state index contributed by atoms with van der Waals surface area (Å²) in [4.78, 5) is 4.53. The normalized spacial score (nSPS) is 12.0. The monoisotopic (exact) mass is 314 g/mol. The van der Waals surface area contributed by atoms with Gasteiger partial charge in [-0.3, -0.25) is 10.3 Å². The highest BCUT2D eigenvalue weighted by atomic mass is 15.0. The third-order valence-electron chi connectivity index (χ3n) is 4.08. The Balaban J connectivity index is 1.94. The molecule has 24 heavy (non-hydrogen) atoms. The van der Waals surface area contributed by atoms with Crippen molar-refractivity contribution in [2.75, 3.05) is 0 Å². The molecule has 0 saturated heterocycles. The molecule has 0 radical (unpaired) electrons. The number of nitrogens with zero attached hydrogens (tertiary/aromatic N) is 1. The first kappa shape index (κ1) is 16.2. The average molecular weight is 314 g/mol. The molecule has 2 aromatic carbocycles. The van der Waals surface area contributed by atoms with Crippen LogP contribution >= 0.6 is 0 Å². The average Bonchev–Trinajstić information content (AvgIpc) is 2.67. The second-order valence-corrected chi connectivity index (χ2v) is 5.75. The number of hydrogen-bond acceptors (Lipinski definition) is 2. The SMILES string of the molecule is C=CCC(NC(c1ccccc1)c1ccccc1)c1ccccn1. The fraction of sp³-hybridized carbons (Fsp3) is 0.136. The molecular weight excluding hydrogens is 292 g/mol. The van der Waals surface area contributed by atoms with Crippen molar-refractivity contribution in [3.05, 3.63) is 115 Å². The number of rotatable bonds is 7. The van der Waals surface area contributed by atoms with E-state index in [2.05, 4.69) is 71.5 Å². The van der Waals surface area contributed by atoms with Gasteiger partial charge in [-0.05, 0) is 29.7 Å². The van der Waals surface area contributed by atoms with Crippen LogP contribution in [0.15, 0.2) is 97.7 Å². The number of benzene rings is 2. The zero-order valence-electron chi connectivity index (χ0n) is 13.7. The summed E-state index contributed by atoms with van der Waals surface area (Å²) in [7, 11) is 0. The van der Waals surface area contributed by atoms with E-state index in [4.69, 9.17) is 0 Å². The van der Waals surface area contributed by atoms with E-state index in [0.29, 0.717) is 0 Å². The van der Waals surface area contributed by atoms with Crippen LogP contribution in [0.2, 0.25) is 0 Å². The molecule has 120 valence electrons. The lowest BCUT2D eigenvalue weighted by Crippen LogP contribution is -2.27. The zero-order chi connectivity index (χ0) is 16.6. The molecule has 1 aromatic heterocycles. The second-order valence-electron chi connectivity index (χ2n) is 5.75. The molecular formula is C22H22N2. The highest BCUT2D eigenvalue weighted by Crippen LogP contribution is 2.27. The molecule has 0 amide bonds. The van der Waals surface area contributed by atoms with Gasteiger partial charge in [0.2, 0.25) is 0 Å². The molecule has 0 saturated carbocycles. The van der Waals surface area contributed by atoms with E-state index >= 15 is 0 Å². The van der Waals surface area contributed by atoms with Gasteiger partial charge in [-0.15, -0.1) is 6.58 Å². The summed E-state index contributed by atoms with van der Waals surface area (Å²) < 4.78 is 0. The molecule has 2 heteroatoms. The smallest absolute Gasteiger partial charge is 0.0582 e. The van der Waals surface area contributed by atoms with E-state index in [1.54, 1.807) is 0 Å². The summed E-state index contributed by atoms with van der Waals surface area (Å²) in [6.45, 7) is 3.91. The van der Waals surface area contributed by atoms with Crippen LogP contribution in [-0.4, -0.2) is 4.98 Å². The lowest BCUT2D eigenvalue weighted by molar-refractivity contribution is 0.480. The van der Waals surface area contributed by atoms with Crippen LogP contribution in [0.5, 0.6) is 0 Å². The first-order valence-corrected chi connectivity index (χ1v) is 8.26. The quantitative estimate of drug-likeness (QED) is 0.615. The van der Waals surface area contributed by atoms with Crippen LogP contribution in [0.25, 0.3) is 0 Å².